The molecular weight excluding hydrogens is 298 g/mol. The molecular formula is C16H27N3O4. The minimum atomic E-state index is -0.879. The van der Waals surface area contributed by atoms with E-state index >= 15 is 0 Å². The minimum absolute atomic E-state index is 0.0855. The second-order valence-electron chi connectivity index (χ2n) is 6.67. The number of amides is 3. The van der Waals surface area contributed by atoms with Gasteiger partial charge in [-0.05, 0) is 31.1 Å². The van der Waals surface area contributed by atoms with Crippen molar-refractivity contribution >= 4 is 23.5 Å². The molecule has 0 radical (unpaired) electrons. The van der Waals surface area contributed by atoms with Gasteiger partial charge in [0.25, 0.3) is 0 Å². The highest BCUT2D eigenvalue weighted by Crippen LogP contribution is 2.24. The summed E-state index contributed by atoms with van der Waals surface area (Å²) in [6, 6.07) is -1.59. The Morgan fingerprint density at radius 2 is 1.91 bits per heavy atom. The Bertz CT molecular complexity index is 476. The SMILES string of the molecule is CC(=O)N[C@@H](CC(C)C)C(=O)N[C@H](C(N)=O)[C@H]1CCCC(=O)C1. The number of carbonyl (C=O) groups is 4. The fourth-order valence-electron chi connectivity index (χ4n) is 2.97. The van der Waals surface area contributed by atoms with Crippen molar-refractivity contribution < 1.29 is 19.2 Å². The van der Waals surface area contributed by atoms with Crippen LogP contribution in [-0.4, -0.2) is 35.6 Å². The fraction of sp³-hybridized carbons (Fsp3) is 0.750. The lowest BCUT2D eigenvalue weighted by atomic mass is 9.82. The van der Waals surface area contributed by atoms with Gasteiger partial charge in [-0.3, -0.25) is 19.2 Å². The van der Waals surface area contributed by atoms with Crippen LogP contribution in [0.1, 0.15) is 52.9 Å². The predicted octanol–water partition coefficient (Wildman–Crippen LogP) is 0.267. The van der Waals surface area contributed by atoms with Gasteiger partial charge >= 0.3 is 0 Å². The van der Waals surface area contributed by atoms with E-state index in [1.165, 1.54) is 6.92 Å². The van der Waals surface area contributed by atoms with Crippen LogP contribution in [0.25, 0.3) is 0 Å². The Morgan fingerprint density at radius 1 is 1.26 bits per heavy atom. The second kappa shape index (κ2) is 8.64. The monoisotopic (exact) mass is 325 g/mol. The highest BCUT2D eigenvalue weighted by atomic mass is 16.2. The van der Waals surface area contributed by atoms with Crippen molar-refractivity contribution in [2.75, 3.05) is 0 Å². The summed E-state index contributed by atoms with van der Waals surface area (Å²) >= 11 is 0. The van der Waals surface area contributed by atoms with Crippen LogP contribution in [-0.2, 0) is 19.2 Å². The number of nitrogens with two attached hydrogens (primary N) is 1. The molecule has 1 aliphatic rings. The topological polar surface area (TPSA) is 118 Å². The average molecular weight is 325 g/mol. The maximum Gasteiger partial charge on any atom is 0.243 e. The Balaban J connectivity index is 2.79. The first-order valence-corrected chi connectivity index (χ1v) is 8.09. The molecule has 3 amide bonds. The summed E-state index contributed by atoms with van der Waals surface area (Å²) in [4.78, 5) is 47.0. The number of hydrogen-bond donors (Lipinski definition) is 3. The molecule has 0 aromatic heterocycles. The molecule has 3 atom stereocenters. The molecule has 0 saturated heterocycles. The van der Waals surface area contributed by atoms with Crippen LogP contribution < -0.4 is 16.4 Å². The van der Waals surface area contributed by atoms with Gasteiger partial charge in [-0.1, -0.05) is 13.8 Å². The van der Waals surface area contributed by atoms with E-state index in [0.29, 0.717) is 25.7 Å². The molecule has 0 heterocycles. The van der Waals surface area contributed by atoms with Crippen LogP contribution in [0.15, 0.2) is 0 Å². The third-order valence-electron chi connectivity index (χ3n) is 4.00. The van der Waals surface area contributed by atoms with Gasteiger partial charge in [-0.2, -0.15) is 0 Å². The predicted molar refractivity (Wildman–Crippen MR) is 85.1 cm³/mol. The zero-order valence-corrected chi connectivity index (χ0v) is 14.1. The van der Waals surface area contributed by atoms with Gasteiger partial charge in [0.15, 0.2) is 0 Å². The molecule has 0 unspecified atom stereocenters. The number of rotatable bonds is 7. The van der Waals surface area contributed by atoms with Crippen LogP contribution >= 0.6 is 0 Å². The standard InChI is InChI=1S/C16H27N3O4/c1-9(2)7-13(18-10(3)20)16(23)19-14(15(17)22)11-5-4-6-12(21)8-11/h9,11,13-14H,4-8H2,1-3H3,(H2,17,22)(H,18,20)(H,19,23)/t11-,13-,14-/m0/s1. The van der Waals surface area contributed by atoms with E-state index < -0.39 is 23.9 Å². The molecule has 4 N–H and O–H groups in total. The van der Waals surface area contributed by atoms with Crippen LogP contribution in [0, 0.1) is 11.8 Å². The number of carbonyl (C=O) groups excluding carboxylic acids is 4. The molecule has 0 aromatic carbocycles. The zero-order chi connectivity index (χ0) is 17.6. The molecule has 0 aromatic rings. The summed E-state index contributed by atoms with van der Waals surface area (Å²) in [7, 11) is 0. The van der Waals surface area contributed by atoms with E-state index in [2.05, 4.69) is 10.6 Å². The Hall–Kier alpha value is -1.92. The van der Waals surface area contributed by atoms with Gasteiger partial charge in [0.1, 0.15) is 17.9 Å². The Kier molecular flexibility index (Phi) is 7.19. The van der Waals surface area contributed by atoms with Gasteiger partial charge in [0.05, 0.1) is 0 Å². The molecule has 130 valence electrons. The minimum Gasteiger partial charge on any atom is -0.368 e. The maximum absolute atomic E-state index is 12.4. The largest absolute Gasteiger partial charge is 0.368 e. The lowest BCUT2D eigenvalue weighted by Crippen LogP contribution is -2.56. The first kappa shape index (κ1) is 19.1. The van der Waals surface area contributed by atoms with Crippen molar-refractivity contribution in [1.29, 1.82) is 0 Å². The number of ketones is 1. The van der Waals surface area contributed by atoms with Crippen molar-refractivity contribution in [1.82, 2.24) is 10.6 Å². The summed E-state index contributed by atoms with van der Waals surface area (Å²) in [5.41, 5.74) is 5.41. The molecule has 1 saturated carbocycles. The first-order valence-electron chi connectivity index (χ1n) is 8.09. The van der Waals surface area contributed by atoms with E-state index in [4.69, 9.17) is 5.73 Å². The highest BCUT2D eigenvalue weighted by molar-refractivity contribution is 5.92. The smallest absolute Gasteiger partial charge is 0.243 e. The summed E-state index contributed by atoms with van der Waals surface area (Å²) in [6.07, 6.45) is 2.60. The molecule has 0 aliphatic heterocycles. The molecule has 1 rings (SSSR count). The quantitative estimate of drug-likeness (QED) is 0.622. The zero-order valence-electron chi connectivity index (χ0n) is 14.1. The molecule has 7 nitrogen and oxygen atoms in total. The first-order chi connectivity index (χ1) is 10.7. The highest BCUT2D eigenvalue weighted by Gasteiger charge is 2.33. The van der Waals surface area contributed by atoms with E-state index in [1.54, 1.807) is 0 Å². The molecule has 23 heavy (non-hydrogen) atoms. The summed E-state index contributed by atoms with van der Waals surface area (Å²) in [5, 5.41) is 5.23. The van der Waals surface area contributed by atoms with E-state index in [0.717, 1.165) is 0 Å². The summed E-state index contributed by atoms with van der Waals surface area (Å²) < 4.78 is 0. The van der Waals surface area contributed by atoms with Gasteiger partial charge in [0, 0.05) is 19.8 Å². The normalized spacial score (nSPS) is 20.7. The van der Waals surface area contributed by atoms with E-state index in [9.17, 15) is 19.2 Å². The number of Topliss-reactive ketones (excluding diaryl/α,β-unsaturated/α-hetero) is 1. The Morgan fingerprint density at radius 3 is 2.39 bits per heavy atom. The molecule has 7 heteroatoms. The Labute approximate surface area is 136 Å². The van der Waals surface area contributed by atoms with Gasteiger partial charge < -0.3 is 16.4 Å². The summed E-state index contributed by atoms with van der Waals surface area (Å²) in [6.45, 7) is 5.22. The molecule has 0 spiro atoms. The van der Waals surface area contributed by atoms with Crippen molar-refractivity contribution in [3.8, 4) is 0 Å². The molecule has 1 fully saturated rings. The molecule has 1 aliphatic carbocycles. The van der Waals surface area contributed by atoms with Crippen molar-refractivity contribution in [2.24, 2.45) is 17.6 Å². The molecule has 0 bridgehead atoms. The number of nitrogens with one attached hydrogen (secondary N) is 2. The average Bonchev–Trinajstić information content (AvgIpc) is 2.42. The van der Waals surface area contributed by atoms with Gasteiger partial charge in [-0.25, -0.2) is 0 Å². The van der Waals surface area contributed by atoms with Crippen LogP contribution in [0.3, 0.4) is 0 Å². The lowest BCUT2D eigenvalue weighted by Gasteiger charge is -2.29. The number of hydrogen-bond acceptors (Lipinski definition) is 4. The van der Waals surface area contributed by atoms with Gasteiger partial charge in [-0.15, -0.1) is 0 Å². The second-order valence-corrected chi connectivity index (χ2v) is 6.67. The van der Waals surface area contributed by atoms with Crippen LogP contribution in [0.2, 0.25) is 0 Å². The van der Waals surface area contributed by atoms with Crippen molar-refractivity contribution in [2.45, 2.75) is 65.0 Å². The summed E-state index contributed by atoms with van der Waals surface area (Å²) in [5.74, 6) is -1.38. The third kappa shape index (κ3) is 6.38. The van der Waals surface area contributed by atoms with Crippen molar-refractivity contribution in [3.63, 3.8) is 0 Å². The van der Waals surface area contributed by atoms with Crippen LogP contribution in [0.4, 0.5) is 0 Å². The fourth-order valence-corrected chi connectivity index (χ4v) is 2.97. The third-order valence-corrected chi connectivity index (χ3v) is 4.00. The maximum atomic E-state index is 12.4. The van der Waals surface area contributed by atoms with Crippen LogP contribution in [0.5, 0.6) is 0 Å². The van der Waals surface area contributed by atoms with E-state index in [1.807, 2.05) is 13.8 Å². The van der Waals surface area contributed by atoms with E-state index in [-0.39, 0.29) is 29.9 Å². The van der Waals surface area contributed by atoms with Gasteiger partial charge in [0.2, 0.25) is 17.7 Å². The number of primary amides is 1. The van der Waals surface area contributed by atoms with Crippen molar-refractivity contribution in [3.05, 3.63) is 0 Å². The lowest BCUT2D eigenvalue weighted by molar-refractivity contribution is -0.133.